The maximum absolute atomic E-state index is 11.4. The van der Waals surface area contributed by atoms with Crippen LogP contribution in [0.5, 0.6) is 0 Å². The van der Waals surface area contributed by atoms with Crippen molar-refractivity contribution in [1.82, 2.24) is 10.5 Å². The Hall–Kier alpha value is -2.83. The summed E-state index contributed by atoms with van der Waals surface area (Å²) in [7, 11) is 0. The summed E-state index contributed by atoms with van der Waals surface area (Å²) in [5, 5.41) is 17.0. The number of rotatable bonds is 5. The highest BCUT2D eigenvalue weighted by Crippen LogP contribution is 2.21. The molecule has 1 heterocycles. The second kappa shape index (κ2) is 6.37. The van der Waals surface area contributed by atoms with E-state index >= 15 is 0 Å². The molecular formula is C13H13N3O4. The van der Waals surface area contributed by atoms with Crippen molar-refractivity contribution in [3.05, 3.63) is 36.4 Å². The maximum atomic E-state index is 11.4. The van der Waals surface area contributed by atoms with Gasteiger partial charge in [-0.05, 0) is 0 Å². The largest absolute Gasteiger partial charge is 0.481 e. The monoisotopic (exact) mass is 275 g/mol. The van der Waals surface area contributed by atoms with Gasteiger partial charge < -0.3 is 14.9 Å². The van der Waals surface area contributed by atoms with Crippen molar-refractivity contribution >= 4 is 17.8 Å². The molecule has 0 aliphatic heterocycles. The molecule has 7 nitrogen and oxygen atoms in total. The second-order valence-electron chi connectivity index (χ2n) is 3.97. The van der Waals surface area contributed by atoms with Crippen LogP contribution in [0.2, 0.25) is 0 Å². The molecular weight excluding hydrogens is 262 g/mol. The van der Waals surface area contributed by atoms with Crippen LogP contribution < -0.4 is 10.6 Å². The minimum atomic E-state index is -0.974. The number of anilines is 1. The van der Waals surface area contributed by atoms with E-state index in [1.807, 2.05) is 30.3 Å². The third kappa shape index (κ3) is 3.84. The quantitative estimate of drug-likeness (QED) is 0.773. The number of benzene rings is 1. The summed E-state index contributed by atoms with van der Waals surface area (Å²) in [6.45, 7) is 0.0462. The molecule has 2 aromatic rings. The lowest BCUT2D eigenvalue weighted by Gasteiger charge is -2.02. The smallest absolute Gasteiger partial charge is 0.320 e. The number of aromatic nitrogens is 1. The molecule has 2 amide bonds. The van der Waals surface area contributed by atoms with E-state index in [-0.39, 0.29) is 18.8 Å². The molecule has 0 aliphatic rings. The molecule has 7 heteroatoms. The Morgan fingerprint density at radius 2 is 2.00 bits per heavy atom. The van der Waals surface area contributed by atoms with E-state index in [1.165, 1.54) is 0 Å². The van der Waals surface area contributed by atoms with Crippen molar-refractivity contribution in [2.45, 2.75) is 6.42 Å². The third-order valence-corrected chi connectivity index (χ3v) is 2.43. The summed E-state index contributed by atoms with van der Waals surface area (Å²) in [6.07, 6.45) is -0.137. The number of carbonyl (C=O) groups is 2. The first kappa shape index (κ1) is 13.6. The molecule has 0 atom stereocenters. The molecule has 1 aromatic carbocycles. The lowest BCUT2D eigenvalue weighted by atomic mass is 10.2. The van der Waals surface area contributed by atoms with Crippen LogP contribution in [0.4, 0.5) is 10.6 Å². The zero-order valence-corrected chi connectivity index (χ0v) is 10.5. The topological polar surface area (TPSA) is 104 Å². The van der Waals surface area contributed by atoms with Gasteiger partial charge in [-0.15, -0.1) is 0 Å². The van der Waals surface area contributed by atoms with Gasteiger partial charge in [0.15, 0.2) is 11.6 Å². The molecule has 0 spiro atoms. The molecule has 0 aliphatic carbocycles. The fourth-order valence-corrected chi connectivity index (χ4v) is 1.52. The Morgan fingerprint density at radius 3 is 2.70 bits per heavy atom. The molecule has 3 N–H and O–H groups in total. The summed E-state index contributed by atoms with van der Waals surface area (Å²) >= 11 is 0. The van der Waals surface area contributed by atoms with Crippen molar-refractivity contribution in [1.29, 1.82) is 0 Å². The average molecular weight is 275 g/mol. The van der Waals surface area contributed by atoms with Crippen LogP contribution in [0.15, 0.2) is 40.9 Å². The van der Waals surface area contributed by atoms with Gasteiger partial charge >= 0.3 is 12.0 Å². The Balaban J connectivity index is 1.90. The number of carboxylic acids is 1. The minimum absolute atomic E-state index is 0.0462. The number of nitrogens with one attached hydrogen (secondary N) is 2. The van der Waals surface area contributed by atoms with Gasteiger partial charge in [-0.1, -0.05) is 35.5 Å². The van der Waals surface area contributed by atoms with E-state index in [0.717, 1.165) is 5.56 Å². The molecule has 0 bridgehead atoms. The molecule has 0 fully saturated rings. The number of carbonyl (C=O) groups excluding carboxylic acids is 1. The third-order valence-electron chi connectivity index (χ3n) is 2.43. The zero-order valence-electron chi connectivity index (χ0n) is 10.5. The van der Waals surface area contributed by atoms with Gasteiger partial charge in [-0.25, -0.2) is 4.79 Å². The molecule has 0 unspecified atom stereocenters. The van der Waals surface area contributed by atoms with Gasteiger partial charge in [0.1, 0.15) is 0 Å². The number of aliphatic carboxylic acids is 1. The van der Waals surface area contributed by atoms with Crippen LogP contribution in [-0.2, 0) is 4.79 Å². The van der Waals surface area contributed by atoms with Gasteiger partial charge in [-0.3, -0.25) is 10.1 Å². The van der Waals surface area contributed by atoms with Crippen molar-refractivity contribution in [2.75, 3.05) is 11.9 Å². The Labute approximate surface area is 114 Å². The number of hydrogen-bond acceptors (Lipinski definition) is 4. The normalized spacial score (nSPS) is 10.0. The highest BCUT2D eigenvalue weighted by molar-refractivity contribution is 5.88. The van der Waals surface area contributed by atoms with Gasteiger partial charge in [0.2, 0.25) is 0 Å². The van der Waals surface area contributed by atoms with Crippen molar-refractivity contribution < 1.29 is 19.2 Å². The number of urea groups is 1. The Kier molecular flexibility index (Phi) is 4.33. The standard InChI is InChI=1S/C13H13N3O4/c17-12(18)6-7-14-13(19)15-11-8-10(20-16-11)9-4-2-1-3-5-9/h1-5,8H,6-7H2,(H,17,18)(H2,14,15,16,19). The first-order valence-electron chi connectivity index (χ1n) is 5.94. The Bertz CT molecular complexity index is 595. The average Bonchev–Trinajstić information content (AvgIpc) is 2.88. The summed E-state index contributed by atoms with van der Waals surface area (Å²) in [6, 6.07) is 10.4. The highest BCUT2D eigenvalue weighted by atomic mass is 16.5. The van der Waals surface area contributed by atoms with Crippen LogP contribution in [0.3, 0.4) is 0 Å². The van der Waals surface area contributed by atoms with Crippen molar-refractivity contribution in [2.24, 2.45) is 0 Å². The predicted molar refractivity (Wildman–Crippen MR) is 71.2 cm³/mol. The first-order valence-corrected chi connectivity index (χ1v) is 5.94. The zero-order chi connectivity index (χ0) is 14.4. The highest BCUT2D eigenvalue weighted by Gasteiger charge is 2.09. The minimum Gasteiger partial charge on any atom is -0.481 e. The lowest BCUT2D eigenvalue weighted by Crippen LogP contribution is -2.30. The number of nitrogens with zero attached hydrogens (tertiary/aromatic N) is 1. The summed E-state index contributed by atoms with van der Waals surface area (Å²) in [5.41, 5.74) is 0.847. The molecule has 0 saturated carbocycles. The number of hydrogen-bond donors (Lipinski definition) is 3. The second-order valence-corrected chi connectivity index (χ2v) is 3.97. The first-order chi connectivity index (χ1) is 9.65. The van der Waals surface area contributed by atoms with E-state index < -0.39 is 12.0 Å². The molecule has 20 heavy (non-hydrogen) atoms. The molecule has 1 aromatic heterocycles. The van der Waals surface area contributed by atoms with Gasteiger partial charge in [0.05, 0.1) is 6.42 Å². The maximum Gasteiger partial charge on any atom is 0.320 e. The van der Waals surface area contributed by atoms with Crippen molar-refractivity contribution in [3.8, 4) is 11.3 Å². The summed E-state index contributed by atoms with van der Waals surface area (Å²) in [5.74, 6) is -0.179. The summed E-state index contributed by atoms with van der Waals surface area (Å²) in [4.78, 5) is 21.7. The molecule has 2 rings (SSSR count). The van der Waals surface area contributed by atoms with E-state index in [2.05, 4.69) is 15.8 Å². The van der Waals surface area contributed by atoms with Crippen LogP contribution in [-0.4, -0.2) is 28.8 Å². The van der Waals surface area contributed by atoms with E-state index in [4.69, 9.17) is 9.63 Å². The van der Waals surface area contributed by atoms with Crippen LogP contribution in [0.25, 0.3) is 11.3 Å². The fraction of sp³-hybridized carbons (Fsp3) is 0.154. The van der Waals surface area contributed by atoms with Crippen molar-refractivity contribution in [3.63, 3.8) is 0 Å². The van der Waals surface area contributed by atoms with Crippen LogP contribution in [0, 0.1) is 0 Å². The van der Waals surface area contributed by atoms with E-state index in [1.54, 1.807) is 6.07 Å². The fourth-order valence-electron chi connectivity index (χ4n) is 1.52. The molecule has 0 saturated heterocycles. The number of carboxylic acid groups (broad SMARTS) is 1. The molecule has 0 radical (unpaired) electrons. The van der Waals surface area contributed by atoms with Crippen LogP contribution in [0.1, 0.15) is 6.42 Å². The van der Waals surface area contributed by atoms with Gasteiger partial charge in [0, 0.05) is 18.2 Å². The Morgan fingerprint density at radius 1 is 1.25 bits per heavy atom. The number of amides is 2. The van der Waals surface area contributed by atoms with E-state index in [9.17, 15) is 9.59 Å². The predicted octanol–water partition coefficient (Wildman–Crippen LogP) is 1.94. The van der Waals surface area contributed by atoms with Gasteiger partial charge in [0.25, 0.3) is 0 Å². The van der Waals surface area contributed by atoms with Crippen LogP contribution >= 0.6 is 0 Å². The summed E-state index contributed by atoms with van der Waals surface area (Å²) < 4.78 is 5.11. The SMILES string of the molecule is O=C(O)CCNC(=O)Nc1cc(-c2ccccc2)on1. The molecule has 104 valence electrons. The van der Waals surface area contributed by atoms with Gasteiger partial charge in [-0.2, -0.15) is 0 Å². The van der Waals surface area contributed by atoms with E-state index in [0.29, 0.717) is 5.76 Å². The lowest BCUT2D eigenvalue weighted by molar-refractivity contribution is -0.136.